The van der Waals surface area contributed by atoms with E-state index in [0.29, 0.717) is 23.7 Å². The number of ether oxygens (including phenoxy) is 1. The first-order valence-corrected chi connectivity index (χ1v) is 11.6. The van der Waals surface area contributed by atoms with E-state index in [1.54, 1.807) is 25.7 Å². The topological polar surface area (TPSA) is 86.6 Å². The Balaban J connectivity index is 1.89. The van der Waals surface area contributed by atoms with Crippen molar-refractivity contribution in [1.29, 1.82) is 5.26 Å². The molecule has 0 spiro atoms. The van der Waals surface area contributed by atoms with Crippen LogP contribution in [0, 0.1) is 14.9 Å². The Morgan fingerprint density at radius 2 is 2.10 bits per heavy atom. The van der Waals surface area contributed by atoms with Crippen LogP contribution in [0.25, 0.3) is 32.3 Å². The number of hydrogen-bond donors (Lipinski definition) is 2. The molecule has 31 heavy (non-hydrogen) atoms. The maximum absolute atomic E-state index is 10.2. The van der Waals surface area contributed by atoms with E-state index in [9.17, 15) is 5.26 Å². The maximum atomic E-state index is 10.2. The second-order valence-corrected chi connectivity index (χ2v) is 9.15. The first kappa shape index (κ1) is 21.8. The fourth-order valence-electron chi connectivity index (χ4n) is 3.20. The highest BCUT2D eigenvalue weighted by Gasteiger charge is 2.24. The molecule has 156 valence electrons. The van der Waals surface area contributed by atoms with Crippen molar-refractivity contribution >= 4 is 51.3 Å². The van der Waals surface area contributed by atoms with Crippen LogP contribution in [0.1, 0.15) is 5.56 Å². The number of pyridine rings is 1. The summed E-state index contributed by atoms with van der Waals surface area (Å²) >= 11 is 9.97. The van der Waals surface area contributed by atoms with Gasteiger partial charge in [-0.2, -0.15) is 5.26 Å². The molecule has 0 unspecified atom stereocenters. The number of aromatic nitrogens is 3. The number of thiophene rings is 1. The third kappa shape index (κ3) is 4.60. The molecule has 3 heterocycles. The zero-order valence-electron chi connectivity index (χ0n) is 16.4. The number of nitrogens with one attached hydrogen (secondary N) is 2. The van der Waals surface area contributed by atoms with Crippen LogP contribution in [0.15, 0.2) is 48.9 Å². The van der Waals surface area contributed by atoms with Crippen molar-refractivity contribution in [3.63, 3.8) is 0 Å². The maximum Gasteiger partial charge on any atom is 0.148 e. The van der Waals surface area contributed by atoms with E-state index in [-0.39, 0.29) is 0 Å². The molecule has 0 aliphatic heterocycles. The standard InChI is InChI=1S/C22H17ClIN5OS/c1-30-9-8-27-18-10-13(4-5-26-18)20-16(12-25)19(15-3-2-14(23)11-17(15)24)21(31-20)22-28-6-7-29-22/h2-7,10-11H,8-9H2,1H3,(H,26,27)(H,28,29). The number of anilines is 1. The number of benzene rings is 1. The molecule has 0 saturated heterocycles. The predicted octanol–water partition coefficient (Wildman–Crippen LogP) is 6.06. The lowest BCUT2D eigenvalue weighted by atomic mass is 9.98. The Labute approximate surface area is 202 Å². The number of imidazole rings is 1. The molecule has 0 atom stereocenters. The van der Waals surface area contributed by atoms with Gasteiger partial charge in [-0.15, -0.1) is 11.3 Å². The molecule has 6 nitrogen and oxygen atoms in total. The van der Waals surface area contributed by atoms with Gasteiger partial charge in [-0.1, -0.05) is 17.7 Å². The summed E-state index contributed by atoms with van der Waals surface area (Å²) in [6.45, 7) is 1.23. The Hall–Kier alpha value is -2.45. The molecular weight excluding hydrogens is 545 g/mol. The first-order valence-electron chi connectivity index (χ1n) is 9.33. The van der Waals surface area contributed by atoms with Crippen LogP contribution in [0.4, 0.5) is 5.82 Å². The Morgan fingerprint density at radius 3 is 2.81 bits per heavy atom. The van der Waals surface area contributed by atoms with Crippen molar-refractivity contribution in [3.05, 3.63) is 63.1 Å². The van der Waals surface area contributed by atoms with Crippen LogP contribution in [-0.4, -0.2) is 35.2 Å². The average molecular weight is 562 g/mol. The molecular formula is C22H17ClIN5OS. The van der Waals surface area contributed by atoms with E-state index in [0.717, 1.165) is 41.7 Å². The highest BCUT2D eigenvalue weighted by molar-refractivity contribution is 14.1. The molecule has 9 heteroatoms. The van der Waals surface area contributed by atoms with Crippen LogP contribution >= 0.6 is 45.5 Å². The zero-order chi connectivity index (χ0) is 21.8. The zero-order valence-corrected chi connectivity index (χ0v) is 20.2. The lowest BCUT2D eigenvalue weighted by Crippen LogP contribution is -2.08. The predicted molar refractivity (Wildman–Crippen MR) is 133 cm³/mol. The van der Waals surface area contributed by atoms with Crippen LogP contribution < -0.4 is 5.32 Å². The molecule has 0 amide bonds. The lowest BCUT2D eigenvalue weighted by Gasteiger charge is -2.08. The van der Waals surface area contributed by atoms with Crippen LogP contribution in [0.2, 0.25) is 5.02 Å². The number of aromatic amines is 1. The van der Waals surface area contributed by atoms with Gasteiger partial charge in [-0.3, -0.25) is 0 Å². The fraction of sp³-hybridized carbons (Fsp3) is 0.136. The van der Waals surface area contributed by atoms with Crippen molar-refractivity contribution in [2.45, 2.75) is 0 Å². The van der Waals surface area contributed by atoms with Crippen molar-refractivity contribution in [2.24, 2.45) is 0 Å². The van der Waals surface area contributed by atoms with Gasteiger partial charge in [0.1, 0.15) is 17.7 Å². The average Bonchev–Trinajstić information content (AvgIpc) is 3.42. The number of nitrogens with zero attached hydrogens (tertiary/aromatic N) is 3. The Bertz CT molecular complexity index is 1250. The molecule has 0 aliphatic rings. The number of H-pyrrole nitrogens is 1. The van der Waals surface area contributed by atoms with Crippen molar-refractivity contribution in [1.82, 2.24) is 15.0 Å². The van der Waals surface area contributed by atoms with Crippen LogP contribution in [0.3, 0.4) is 0 Å². The van der Waals surface area contributed by atoms with Gasteiger partial charge in [0, 0.05) is 46.4 Å². The van der Waals surface area contributed by atoms with Gasteiger partial charge >= 0.3 is 0 Å². The SMILES string of the molecule is COCCNc1cc(-c2sc(-c3ncc[nH]3)c(-c3ccc(Cl)cc3I)c2C#N)ccn1. The van der Waals surface area contributed by atoms with E-state index < -0.39 is 0 Å². The molecule has 4 aromatic rings. The summed E-state index contributed by atoms with van der Waals surface area (Å²) in [7, 11) is 1.66. The minimum atomic E-state index is 0.580. The smallest absolute Gasteiger partial charge is 0.148 e. The third-order valence-corrected chi connectivity index (χ3v) is 6.94. The molecule has 0 saturated carbocycles. The van der Waals surface area contributed by atoms with E-state index >= 15 is 0 Å². The van der Waals surface area contributed by atoms with Gasteiger partial charge in [-0.05, 0) is 58.0 Å². The first-order chi connectivity index (χ1) is 15.1. The largest absolute Gasteiger partial charge is 0.383 e. The number of hydrogen-bond acceptors (Lipinski definition) is 6. The monoisotopic (exact) mass is 561 g/mol. The molecule has 2 N–H and O–H groups in total. The third-order valence-electron chi connectivity index (χ3n) is 4.57. The molecule has 0 radical (unpaired) electrons. The van der Waals surface area contributed by atoms with E-state index in [1.807, 2.05) is 30.3 Å². The van der Waals surface area contributed by atoms with Gasteiger partial charge in [0.25, 0.3) is 0 Å². The quantitative estimate of drug-likeness (QED) is 0.212. The summed E-state index contributed by atoms with van der Waals surface area (Å²) < 4.78 is 6.06. The normalized spacial score (nSPS) is 10.8. The Kier molecular flexibility index (Phi) is 6.87. The summed E-state index contributed by atoms with van der Waals surface area (Å²) in [6, 6.07) is 12.0. The van der Waals surface area contributed by atoms with Gasteiger partial charge in [0.2, 0.25) is 0 Å². The van der Waals surface area contributed by atoms with Gasteiger partial charge in [-0.25, -0.2) is 9.97 Å². The number of halogens is 2. The summed E-state index contributed by atoms with van der Waals surface area (Å²) in [6.07, 6.45) is 5.23. The second kappa shape index (κ2) is 9.78. The van der Waals surface area contributed by atoms with Crippen LogP contribution in [0.5, 0.6) is 0 Å². The molecule has 3 aromatic heterocycles. The lowest BCUT2D eigenvalue weighted by molar-refractivity contribution is 0.210. The van der Waals surface area contributed by atoms with Crippen LogP contribution in [-0.2, 0) is 4.74 Å². The summed E-state index contributed by atoms with van der Waals surface area (Å²) in [5.74, 6) is 1.45. The van der Waals surface area contributed by atoms with Crippen molar-refractivity contribution < 1.29 is 4.74 Å². The molecule has 1 aromatic carbocycles. The molecule has 0 aliphatic carbocycles. The fourth-order valence-corrected chi connectivity index (χ4v) is 5.56. The molecule has 4 rings (SSSR count). The van der Waals surface area contributed by atoms with Gasteiger partial charge in [0.05, 0.1) is 21.9 Å². The van der Waals surface area contributed by atoms with Gasteiger partial charge < -0.3 is 15.0 Å². The molecule has 0 fully saturated rings. The summed E-state index contributed by atoms with van der Waals surface area (Å²) in [5.41, 5.74) is 3.32. The van der Waals surface area contributed by atoms with Crippen molar-refractivity contribution in [3.8, 4) is 38.3 Å². The highest BCUT2D eigenvalue weighted by Crippen LogP contribution is 2.47. The van der Waals surface area contributed by atoms with E-state index in [1.165, 1.54) is 11.3 Å². The van der Waals surface area contributed by atoms with E-state index in [4.69, 9.17) is 16.3 Å². The Morgan fingerprint density at radius 1 is 1.23 bits per heavy atom. The summed E-state index contributed by atoms with van der Waals surface area (Å²) in [5, 5.41) is 14.1. The number of methoxy groups -OCH3 is 1. The number of nitriles is 1. The molecule has 0 bridgehead atoms. The minimum absolute atomic E-state index is 0.580. The minimum Gasteiger partial charge on any atom is -0.383 e. The van der Waals surface area contributed by atoms with E-state index in [2.05, 4.69) is 48.9 Å². The highest BCUT2D eigenvalue weighted by atomic mass is 127. The van der Waals surface area contributed by atoms with Gasteiger partial charge in [0.15, 0.2) is 0 Å². The van der Waals surface area contributed by atoms with Crippen molar-refractivity contribution in [2.75, 3.05) is 25.6 Å². The summed E-state index contributed by atoms with van der Waals surface area (Å²) in [4.78, 5) is 13.8. The number of rotatable bonds is 7. The second-order valence-electron chi connectivity index (χ2n) is 6.53.